The second-order valence-electron chi connectivity index (χ2n) is 5.81. The fourth-order valence-electron chi connectivity index (χ4n) is 2.80. The standard InChI is InChI=1S/C19H23NO.ClH/c1-2-4-16(5-3-1)14-17-6-8-19(9-7-17)21-15-18-10-12-20-13-11-18;/h1-9,18,20H,10-15H2;1H. The fraction of sp³-hybridized carbons (Fsp3) is 0.368. The molecular formula is C19H24ClNO. The lowest BCUT2D eigenvalue weighted by molar-refractivity contribution is 0.215. The summed E-state index contributed by atoms with van der Waals surface area (Å²) in [5, 5.41) is 3.39. The van der Waals surface area contributed by atoms with Crippen LogP contribution >= 0.6 is 12.4 Å². The number of piperidine rings is 1. The van der Waals surface area contributed by atoms with Crippen molar-refractivity contribution in [1.82, 2.24) is 5.32 Å². The minimum atomic E-state index is 0. The highest BCUT2D eigenvalue weighted by Gasteiger charge is 2.13. The summed E-state index contributed by atoms with van der Waals surface area (Å²) in [6.45, 7) is 3.10. The van der Waals surface area contributed by atoms with Crippen LogP contribution in [-0.2, 0) is 6.42 Å². The fourth-order valence-corrected chi connectivity index (χ4v) is 2.80. The molecule has 2 nitrogen and oxygen atoms in total. The average Bonchev–Trinajstić information content (AvgIpc) is 2.56. The lowest BCUT2D eigenvalue weighted by Crippen LogP contribution is -2.30. The van der Waals surface area contributed by atoms with E-state index in [4.69, 9.17) is 4.74 Å². The zero-order valence-corrected chi connectivity index (χ0v) is 13.6. The maximum atomic E-state index is 5.92. The van der Waals surface area contributed by atoms with Crippen LogP contribution in [0.1, 0.15) is 24.0 Å². The van der Waals surface area contributed by atoms with E-state index >= 15 is 0 Å². The Morgan fingerprint density at radius 2 is 1.50 bits per heavy atom. The molecule has 3 heteroatoms. The highest BCUT2D eigenvalue weighted by atomic mass is 35.5. The molecule has 0 aromatic heterocycles. The van der Waals surface area contributed by atoms with Gasteiger partial charge in [-0.1, -0.05) is 42.5 Å². The number of halogens is 1. The largest absolute Gasteiger partial charge is 0.493 e. The van der Waals surface area contributed by atoms with E-state index in [-0.39, 0.29) is 12.4 Å². The van der Waals surface area contributed by atoms with Crippen LogP contribution in [0, 0.1) is 5.92 Å². The van der Waals surface area contributed by atoms with Gasteiger partial charge in [-0.25, -0.2) is 0 Å². The molecule has 0 saturated carbocycles. The Morgan fingerprint density at radius 1 is 0.864 bits per heavy atom. The molecule has 1 fully saturated rings. The molecule has 1 heterocycles. The zero-order chi connectivity index (χ0) is 14.3. The van der Waals surface area contributed by atoms with Crippen molar-refractivity contribution in [2.24, 2.45) is 5.92 Å². The Kier molecular flexibility index (Phi) is 6.75. The Balaban J connectivity index is 0.00000176. The van der Waals surface area contributed by atoms with Gasteiger partial charge < -0.3 is 10.1 Å². The maximum absolute atomic E-state index is 5.92. The third-order valence-corrected chi connectivity index (χ3v) is 4.12. The highest BCUT2D eigenvalue weighted by molar-refractivity contribution is 5.85. The first-order valence-electron chi connectivity index (χ1n) is 7.86. The first kappa shape index (κ1) is 16.9. The molecule has 1 saturated heterocycles. The molecule has 0 aliphatic carbocycles. The lowest BCUT2D eigenvalue weighted by Gasteiger charge is -2.22. The first-order valence-corrected chi connectivity index (χ1v) is 7.86. The van der Waals surface area contributed by atoms with E-state index in [1.54, 1.807) is 0 Å². The van der Waals surface area contributed by atoms with Gasteiger partial charge in [0.15, 0.2) is 0 Å². The molecule has 0 bridgehead atoms. The summed E-state index contributed by atoms with van der Waals surface area (Å²) >= 11 is 0. The molecule has 118 valence electrons. The molecule has 0 radical (unpaired) electrons. The van der Waals surface area contributed by atoms with Crippen molar-refractivity contribution < 1.29 is 4.74 Å². The zero-order valence-electron chi connectivity index (χ0n) is 12.8. The van der Waals surface area contributed by atoms with Gasteiger partial charge >= 0.3 is 0 Å². The number of nitrogens with one attached hydrogen (secondary N) is 1. The minimum Gasteiger partial charge on any atom is -0.493 e. The van der Waals surface area contributed by atoms with Gasteiger partial charge in [-0.15, -0.1) is 12.4 Å². The van der Waals surface area contributed by atoms with E-state index in [9.17, 15) is 0 Å². The SMILES string of the molecule is Cl.c1ccc(Cc2ccc(OCC3CCNCC3)cc2)cc1. The van der Waals surface area contributed by atoms with Crippen LogP contribution in [0.5, 0.6) is 5.75 Å². The van der Waals surface area contributed by atoms with Crippen LogP contribution < -0.4 is 10.1 Å². The third kappa shape index (κ3) is 5.04. The van der Waals surface area contributed by atoms with Crippen LogP contribution in [0.15, 0.2) is 54.6 Å². The van der Waals surface area contributed by atoms with Gasteiger partial charge in [0.25, 0.3) is 0 Å². The summed E-state index contributed by atoms with van der Waals surface area (Å²) in [5.74, 6) is 1.69. The maximum Gasteiger partial charge on any atom is 0.119 e. The van der Waals surface area contributed by atoms with Gasteiger partial charge in [0, 0.05) is 0 Å². The van der Waals surface area contributed by atoms with E-state index in [1.807, 2.05) is 0 Å². The summed E-state index contributed by atoms with van der Waals surface area (Å²) in [6, 6.07) is 19.1. The predicted octanol–water partition coefficient (Wildman–Crippen LogP) is 4.08. The quantitative estimate of drug-likeness (QED) is 0.897. The number of benzene rings is 2. The summed E-state index contributed by atoms with van der Waals surface area (Å²) in [6.07, 6.45) is 3.44. The molecule has 2 aromatic carbocycles. The second-order valence-corrected chi connectivity index (χ2v) is 5.81. The number of ether oxygens (including phenoxy) is 1. The highest BCUT2D eigenvalue weighted by Crippen LogP contribution is 2.18. The molecule has 1 aliphatic heterocycles. The van der Waals surface area contributed by atoms with Crippen molar-refractivity contribution in [3.63, 3.8) is 0 Å². The van der Waals surface area contributed by atoms with Gasteiger partial charge in [-0.05, 0) is 61.5 Å². The van der Waals surface area contributed by atoms with Crippen molar-refractivity contribution in [2.75, 3.05) is 19.7 Å². The van der Waals surface area contributed by atoms with Crippen LogP contribution in [0.25, 0.3) is 0 Å². The minimum absolute atomic E-state index is 0. The van der Waals surface area contributed by atoms with Crippen LogP contribution in [-0.4, -0.2) is 19.7 Å². The predicted molar refractivity (Wildman–Crippen MR) is 94.0 cm³/mol. The number of hydrogen-bond donors (Lipinski definition) is 1. The van der Waals surface area contributed by atoms with E-state index in [0.717, 1.165) is 31.9 Å². The molecule has 1 N–H and O–H groups in total. The van der Waals surface area contributed by atoms with Crippen molar-refractivity contribution in [3.8, 4) is 5.75 Å². The summed E-state index contributed by atoms with van der Waals surface area (Å²) in [5.41, 5.74) is 2.68. The summed E-state index contributed by atoms with van der Waals surface area (Å²) < 4.78 is 5.92. The van der Waals surface area contributed by atoms with Crippen molar-refractivity contribution >= 4 is 12.4 Å². The van der Waals surface area contributed by atoms with E-state index in [0.29, 0.717) is 5.92 Å². The lowest BCUT2D eigenvalue weighted by atomic mass is 9.99. The molecule has 22 heavy (non-hydrogen) atoms. The Labute approximate surface area is 139 Å². The molecule has 2 aromatic rings. The first-order chi connectivity index (χ1) is 10.4. The van der Waals surface area contributed by atoms with Gasteiger partial charge in [-0.2, -0.15) is 0 Å². The van der Waals surface area contributed by atoms with E-state index in [1.165, 1.54) is 24.0 Å². The molecule has 0 spiro atoms. The monoisotopic (exact) mass is 317 g/mol. The van der Waals surface area contributed by atoms with Gasteiger partial charge in [0.2, 0.25) is 0 Å². The molecule has 3 rings (SSSR count). The van der Waals surface area contributed by atoms with Crippen molar-refractivity contribution in [2.45, 2.75) is 19.3 Å². The normalized spacial score (nSPS) is 15.1. The summed E-state index contributed by atoms with van der Waals surface area (Å²) in [7, 11) is 0. The average molecular weight is 318 g/mol. The molecular weight excluding hydrogens is 294 g/mol. The second kappa shape index (κ2) is 8.82. The number of rotatable bonds is 5. The third-order valence-electron chi connectivity index (χ3n) is 4.12. The Hall–Kier alpha value is -1.51. The van der Waals surface area contributed by atoms with Crippen LogP contribution in [0.3, 0.4) is 0 Å². The Morgan fingerprint density at radius 3 is 2.18 bits per heavy atom. The van der Waals surface area contributed by atoms with Crippen molar-refractivity contribution in [1.29, 1.82) is 0 Å². The number of hydrogen-bond acceptors (Lipinski definition) is 2. The van der Waals surface area contributed by atoms with Gasteiger partial charge in [-0.3, -0.25) is 0 Å². The molecule has 1 aliphatic rings. The van der Waals surface area contributed by atoms with Gasteiger partial charge in [0.1, 0.15) is 5.75 Å². The Bertz CT molecular complexity index is 535. The van der Waals surface area contributed by atoms with Crippen LogP contribution in [0.4, 0.5) is 0 Å². The van der Waals surface area contributed by atoms with Crippen LogP contribution in [0.2, 0.25) is 0 Å². The van der Waals surface area contributed by atoms with E-state index in [2.05, 4.69) is 59.9 Å². The molecule has 0 amide bonds. The smallest absolute Gasteiger partial charge is 0.119 e. The summed E-state index contributed by atoms with van der Waals surface area (Å²) in [4.78, 5) is 0. The molecule has 0 atom stereocenters. The van der Waals surface area contributed by atoms with E-state index < -0.39 is 0 Å². The van der Waals surface area contributed by atoms with Crippen molar-refractivity contribution in [3.05, 3.63) is 65.7 Å². The van der Waals surface area contributed by atoms with Gasteiger partial charge in [0.05, 0.1) is 6.61 Å². The molecule has 0 unspecified atom stereocenters. The topological polar surface area (TPSA) is 21.3 Å².